The van der Waals surface area contributed by atoms with Crippen LogP contribution < -0.4 is 4.74 Å². The summed E-state index contributed by atoms with van der Waals surface area (Å²) in [6.45, 7) is 12.4. The number of rotatable bonds is 10. The summed E-state index contributed by atoms with van der Waals surface area (Å²) in [5.41, 5.74) is 1.80. The fourth-order valence-corrected chi connectivity index (χ4v) is 10.8. The molecule has 5 rings (SSSR count). The first-order chi connectivity index (χ1) is 20.0. The SMILES string of the molecule is COc1cc(/C=C\C(=O)CC(C)[C@H](C)CC[C@@H](C)[C@H]2CC[C@H]3[C@@H]4CC[C@H]5C[C@@H](O)CC[C@]5(C)[C@H]4CC[C@]23C)ccc1O. The van der Waals surface area contributed by atoms with Gasteiger partial charge in [0.15, 0.2) is 17.3 Å². The summed E-state index contributed by atoms with van der Waals surface area (Å²) in [5, 5.41) is 20.2. The van der Waals surface area contributed by atoms with Crippen LogP contribution in [-0.4, -0.2) is 29.2 Å². The van der Waals surface area contributed by atoms with E-state index in [-0.39, 0.29) is 17.6 Å². The molecule has 0 aliphatic heterocycles. The molecule has 1 unspecified atom stereocenters. The lowest BCUT2D eigenvalue weighted by atomic mass is 9.44. The third kappa shape index (κ3) is 6.08. The molecule has 4 saturated carbocycles. The molecule has 0 radical (unpaired) electrons. The van der Waals surface area contributed by atoms with Gasteiger partial charge in [0.2, 0.25) is 0 Å². The molecule has 4 aliphatic rings. The van der Waals surface area contributed by atoms with Gasteiger partial charge in [0.1, 0.15) is 0 Å². The van der Waals surface area contributed by atoms with Crippen molar-refractivity contribution in [1.29, 1.82) is 0 Å². The van der Waals surface area contributed by atoms with E-state index in [1.165, 1.54) is 64.9 Å². The number of benzene rings is 1. The molecular formula is C38H58O4. The Morgan fingerprint density at radius 2 is 1.71 bits per heavy atom. The van der Waals surface area contributed by atoms with Gasteiger partial charge in [0.05, 0.1) is 13.2 Å². The van der Waals surface area contributed by atoms with Gasteiger partial charge in [-0.15, -0.1) is 0 Å². The molecule has 0 spiro atoms. The average molecular weight is 579 g/mol. The summed E-state index contributed by atoms with van der Waals surface area (Å²) in [6.07, 6.45) is 18.2. The monoisotopic (exact) mass is 578 g/mol. The predicted octanol–water partition coefficient (Wildman–Crippen LogP) is 9.08. The van der Waals surface area contributed by atoms with Crippen LogP contribution in [0.15, 0.2) is 24.3 Å². The average Bonchev–Trinajstić information content (AvgIpc) is 3.33. The smallest absolute Gasteiger partial charge is 0.161 e. The molecule has 4 nitrogen and oxygen atoms in total. The number of ketones is 1. The van der Waals surface area contributed by atoms with Crippen LogP contribution in [0.3, 0.4) is 0 Å². The van der Waals surface area contributed by atoms with Crippen LogP contribution >= 0.6 is 0 Å². The lowest BCUT2D eigenvalue weighted by molar-refractivity contribution is -0.129. The fourth-order valence-electron chi connectivity index (χ4n) is 10.8. The molecule has 4 fully saturated rings. The highest BCUT2D eigenvalue weighted by atomic mass is 16.5. The number of phenolic OH excluding ortho intramolecular Hbond substituents is 1. The first-order valence-corrected chi connectivity index (χ1v) is 17.2. The number of carbonyl (C=O) groups is 1. The van der Waals surface area contributed by atoms with Crippen molar-refractivity contribution in [3.8, 4) is 11.5 Å². The van der Waals surface area contributed by atoms with E-state index >= 15 is 0 Å². The topological polar surface area (TPSA) is 66.8 Å². The van der Waals surface area contributed by atoms with Crippen LogP contribution in [0.5, 0.6) is 11.5 Å². The number of fused-ring (bicyclic) bond motifs is 5. The van der Waals surface area contributed by atoms with Crippen LogP contribution in [0.1, 0.15) is 117 Å². The fraction of sp³-hybridized carbons (Fsp3) is 0.763. The zero-order chi connectivity index (χ0) is 30.2. The van der Waals surface area contributed by atoms with Crippen molar-refractivity contribution in [2.45, 2.75) is 118 Å². The second-order valence-electron chi connectivity index (χ2n) is 15.8. The number of hydrogen-bond donors (Lipinski definition) is 2. The first-order valence-electron chi connectivity index (χ1n) is 17.2. The number of phenols is 1. The van der Waals surface area contributed by atoms with E-state index in [0.29, 0.717) is 34.8 Å². The van der Waals surface area contributed by atoms with Crippen molar-refractivity contribution in [1.82, 2.24) is 0 Å². The highest BCUT2D eigenvalue weighted by Gasteiger charge is 2.60. The Kier molecular flexibility index (Phi) is 9.53. The lowest BCUT2D eigenvalue weighted by Gasteiger charge is -2.61. The lowest BCUT2D eigenvalue weighted by Crippen LogP contribution is -2.54. The Balaban J connectivity index is 1.12. The molecular weight excluding hydrogens is 520 g/mol. The van der Waals surface area contributed by atoms with Gasteiger partial charge in [-0.1, -0.05) is 59.6 Å². The quantitative estimate of drug-likeness (QED) is 0.272. The second kappa shape index (κ2) is 12.7. The predicted molar refractivity (Wildman–Crippen MR) is 171 cm³/mol. The minimum Gasteiger partial charge on any atom is -0.504 e. The van der Waals surface area contributed by atoms with E-state index < -0.39 is 0 Å². The van der Waals surface area contributed by atoms with Crippen LogP contribution in [0.25, 0.3) is 6.08 Å². The van der Waals surface area contributed by atoms with Gasteiger partial charge in [0, 0.05) is 6.42 Å². The summed E-state index contributed by atoms with van der Waals surface area (Å²) >= 11 is 0. The van der Waals surface area contributed by atoms with Crippen molar-refractivity contribution in [3.05, 3.63) is 29.8 Å². The molecule has 1 aromatic carbocycles. The van der Waals surface area contributed by atoms with Gasteiger partial charge in [0.25, 0.3) is 0 Å². The maximum atomic E-state index is 12.8. The van der Waals surface area contributed by atoms with E-state index in [2.05, 4.69) is 34.6 Å². The Bertz CT molecular complexity index is 1130. The third-order valence-corrected chi connectivity index (χ3v) is 13.6. The Morgan fingerprint density at radius 3 is 2.48 bits per heavy atom. The number of allylic oxidation sites excluding steroid dienone is 1. The molecule has 1 aromatic rings. The van der Waals surface area contributed by atoms with E-state index in [1.807, 2.05) is 6.08 Å². The van der Waals surface area contributed by atoms with Gasteiger partial charge < -0.3 is 14.9 Å². The molecule has 4 aliphatic carbocycles. The molecule has 0 heterocycles. The number of ether oxygens (including phenoxy) is 1. The summed E-state index contributed by atoms with van der Waals surface area (Å²) in [5.74, 6) is 6.54. The molecule has 0 saturated heterocycles. The molecule has 42 heavy (non-hydrogen) atoms. The van der Waals surface area contributed by atoms with Gasteiger partial charge in [-0.05, 0) is 140 Å². The molecule has 234 valence electrons. The summed E-state index contributed by atoms with van der Waals surface area (Å²) in [7, 11) is 1.53. The minimum atomic E-state index is -0.0555. The molecule has 2 N–H and O–H groups in total. The number of aliphatic hydroxyl groups is 1. The highest BCUT2D eigenvalue weighted by molar-refractivity contribution is 5.93. The first kappa shape index (κ1) is 31.6. The van der Waals surface area contributed by atoms with Crippen molar-refractivity contribution < 1.29 is 19.7 Å². The normalized spacial score (nSPS) is 38.3. The number of methoxy groups -OCH3 is 1. The second-order valence-corrected chi connectivity index (χ2v) is 15.8. The number of aromatic hydroxyl groups is 1. The standard InChI is InChI=1S/C38H58O4/c1-24(26(3)21-29(39)12-9-27-10-16-35(41)36(22-27)42-6)7-8-25(2)32-14-15-33-31-13-11-28-23-30(40)17-19-37(28,4)34(31)18-20-38(32,33)5/h9-10,12,16,22,24-26,28,30-34,40-41H,7-8,11,13-15,17-21,23H2,1-6H3/b12-9-/t24-,25-,26?,28+,30+,31+,32-,33+,34+,37+,38-/m1/s1. The van der Waals surface area contributed by atoms with Crippen molar-refractivity contribution in [2.24, 2.45) is 58.2 Å². The van der Waals surface area contributed by atoms with Crippen LogP contribution in [0.2, 0.25) is 0 Å². The van der Waals surface area contributed by atoms with Crippen molar-refractivity contribution >= 4 is 11.9 Å². The maximum Gasteiger partial charge on any atom is 0.161 e. The number of carbonyl (C=O) groups excluding carboxylic acids is 1. The zero-order valence-corrected chi connectivity index (χ0v) is 27.3. The van der Waals surface area contributed by atoms with Crippen molar-refractivity contribution in [2.75, 3.05) is 7.11 Å². The van der Waals surface area contributed by atoms with Crippen molar-refractivity contribution in [3.63, 3.8) is 0 Å². The van der Waals surface area contributed by atoms with Crippen LogP contribution in [0, 0.1) is 58.2 Å². The van der Waals surface area contributed by atoms with E-state index in [1.54, 1.807) is 24.3 Å². The minimum absolute atomic E-state index is 0.0555. The molecule has 0 aromatic heterocycles. The van der Waals surface area contributed by atoms with Crippen LogP contribution in [0.4, 0.5) is 0 Å². The largest absolute Gasteiger partial charge is 0.504 e. The van der Waals surface area contributed by atoms with Gasteiger partial charge in [-0.3, -0.25) is 4.79 Å². The third-order valence-electron chi connectivity index (χ3n) is 13.6. The van der Waals surface area contributed by atoms with Gasteiger partial charge >= 0.3 is 0 Å². The summed E-state index contributed by atoms with van der Waals surface area (Å²) < 4.78 is 5.18. The Hall–Kier alpha value is -1.81. The Labute approximate surface area is 255 Å². The van der Waals surface area contributed by atoms with E-state index in [9.17, 15) is 15.0 Å². The summed E-state index contributed by atoms with van der Waals surface area (Å²) in [6, 6.07) is 5.14. The number of aliphatic hydroxyl groups excluding tert-OH is 1. The molecule has 11 atom stereocenters. The molecule has 0 amide bonds. The van der Waals surface area contributed by atoms with Crippen LogP contribution in [-0.2, 0) is 4.79 Å². The van der Waals surface area contributed by atoms with E-state index in [4.69, 9.17) is 4.74 Å². The number of hydrogen-bond acceptors (Lipinski definition) is 4. The highest BCUT2D eigenvalue weighted by Crippen LogP contribution is 2.68. The maximum absolute atomic E-state index is 12.8. The zero-order valence-electron chi connectivity index (χ0n) is 27.3. The Morgan fingerprint density at radius 1 is 0.976 bits per heavy atom. The molecule has 0 bridgehead atoms. The van der Waals surface area contributed by atoms with Gasteiger partial charge in [-0.25, -0.2) is 0 Å². The molecule has 4 heteroatoms. The summed E-state index contributed by atoms with van der Waals surface area (Å²) in [4.78, 5) is 12.8. The van der Waals surface area contributed by atoms with E-state index in [0.717, 1.165) is 53.9 Å². The van der Waals surface area contributed by atoms with Gasteiger partial charge in [-0.2, -0.15) is 0 Å².